The van der Waals surface area contributed by atoms with Crippen LogP contribution in [-0.4, -0.2) is 45.3 Å². The Kier molecular flexibility index (Phi) is 6.63. The Morgan fingerprint density at radius 2 is 1.85 bits per heavy atom. The Morgan fingerprint density at radius 1 is 1.15 bits per heavy atom. The van der Waals surface area contributed by atoms with Gasteiger partial charge in [-0.3, -0.25) is 9.36 Å². The molecular formula is C21H29N3O3. The molecule has 0 spiro atoms. The van der Waals surface area contributed by atoms with Crippen molar-refractivity contribution in [3.63, 3.8) is 0 Å². The largest absolute Gasteiger partial charge is 0.393 e. The van der Waals surface area contributed by atoms with E-state index in [9.17, 15) is 14.7 Å². The third kappa shape index (κ3) is 5.40. The molecule has 146 valence electrons. The highest BCUT2D eigenvalue weighted by Crippen LogP contribution is 2.23. The average Bonchev–Trinajstić information content (AvgIpc) is 2.66. The van der Waals surface area contributed by atoms with Crippen LogP contribution < -0.4 is 11.2 Å². The van der Waals surface area contributed by atoms with Crippen molar-refractivity contribution in [3.05, 3.63) is 68.5 Å². The van der Waals surface area contributed by atoms with E-state index in [4.69, 9.17) is 0 Å². The molecule has 6 heteroatoms. The second-order valence-corrected chi connectivity index (χ2v) is 7.52. The maximum atomic E-state index is 12.0. The van der Waals surface area contributed by atoms with Gasteiger partial charge in [0.2, 0.25) is 0 Å². The van der Waals surface area contributed by atoms with Crippen molar-refractivity contribution in [1.29, 1.82) is 0 Å². The Hall–Kier alpha value is -2.18. The Bertz CT molecular complexity index is 804. The Labute approximate surface area is 159 Å². The smallest absolute Gasteiger partial charge is 0.328 e. The highest BCUT2D eigenvalue weighted by atomic mass is 16.3. The molecule has 1 aliphatic rings. The van der Waals surface area contributed by atoms with Crippen LogP contribution in [0.25, 0.3) is 0 Å². The van der Waals surface area contributed by atoms with Gasteiger partial charge in [-0.1, -0.05) is 30.3 Å². The van der Waals surface area contributed by atoms with E-state index in [-0.39, 0.29) is 17.4 Å². The zero-order chi connectivity index (χ0) is 19.2. The van der Waals surface area contributed by atoms with Gasteiger partial charge in [0.1, 0.15) is 0 Å². The minimum atomic E-state index is -0.341. The van der Waals surface area contributed by atoms with Crippen LogP contribution in [0.15, 0.2) is 46.0 Å². The zero-order valence-corrected chi connectivity index (χ0v) is 15.9. The number of likely N-dealkylation sites (tertiary alicyclic amines) is 1. The summed E-state index contributed by atoms with van der Waals surface area (Å²) in [5.74, 6) is 0.329. The van der Waals surface area contributed by atoms with Gasteiger partial charge in [0.25, 0.3) is 5.56 Å². The number of aromatic nitrogens is 2. The maximum absolute atomic E-state index is 12.0. The summed E-state index contributed by atoms with van der Waals surface area (Å²) in [5, 5.41) is 10.5. The zero-order valence-electron chi connectivity index (χ0n) is 15.9. The van der Waals surface area contributed by atoms with Crippen LogP contribution in [0.4, 0.5) is 0 Å². The van der Waals surface area contributed by atoms with Crippen molar-refractivity contribution < 1.29 is 5.11 Å². The quantitative estimate of drug-likeness (QED) is 0.774. The first-order chi connectivity index (χ1) is 13.0. The molecule has 2 heterocycles. The highest BCUT2D eigenvalue weighted by Gasteiger charge is 2.25. The Morgan fingerprint density at radius 3 is 2.52 bits per heavy atom. The summed E-state index contributed by atoms with van der Waals surface area (Å²) in [6.45, 7) is 4.58. The molecule has 0 bridgehead atoms. The van der Waals surface area contributed by atoms with Crippen LogP contribution in [0.1, 0.15) is 30.5 Å². The van der Waals surface area contributed by atoms with Crippen molar-refractivity contribution in [2.24, 2.45) is 5.92 Å². The standard InChI is InChI=1S/C21H29N3O3/c1-16-15-20(26)24(21(27)22-16)14-13-23-11-9-18(10-12-23)19(25)8-7-17-5-3-2-4-6-17/h2-6,15,18-19,25H,7-14H2,1H3,(H,22,27). The van der Waals surface area contributed by atoms with Crippen molar-refractivity contribution in [3.8, 4) is 0 Å². The molecule has 1 fully saturated rings. The fraction of sp³-hybridized carbons (Fsp3) is 0.524. The molecule has 1 atom stereocenters. The van der Waals surface area contributed by atoms with Crippen LogP contribution >= 0.6 is 0 Å². The summed E-state index contributed by atoms with van der Waals surface area (Å²) in [5.41, 5.74) is 1.27. The SMILES string of the molecule is Cc1cc(=O)n(CCN2CCC(C(O)CCc3ccccc3)CC2)c(=O)[nH]1. The third-order valence-corrected chi connectivity index (χ3v) is 5.54. The lowest BCUT2D eigenvalue weighted by Gasteiger charge is -2.34. The van der Waals surface area contributed by atoms with Crippen LogP contribution in [-0.2, 0) is 13.0 Å². The van der Waals surface area contributed by atoms with Gasteiger partial charge in [0.05, 0.1) is 6.10 Å². The van der Waals surface area contributed by atoms with E-state index in [1.807, 2.05) is 18.2 Å². The van der Waals surface area contributed by atoms with E-state index in [1.54, 1.807) is 6.92 Å². The molecule has 0 amide bonds. The molecule has 0 radical (unpaired) electrons. The number of aliphatic hydroxyl groups is 1. The molecule has 6 nitrogen and oxygen atoms in total. The van der Waals surface area contributed by atoms with Crippen molar-refractivity contribution in [1.82, 2.24) is 14.5 Å². The van der Waals surface area contributed by atoms with Crippen LogP contribution in [0.3, 0.4) is 0 Å². The maximum Gasteiger partial charge on any atom is 0.328 e. The fourth-order valence-electron chi connectivity index (χ4n) is 3.84. The minimum Gasteiger partial charge on any atom is -0.393 e. The number of H-pyrrole nitrogens is 1. The lowest BCUT2D eigenvalue weighted by atomic mass is 9.88. The molecule has 1 saturated heterocycles. The summed E-state index contributed by atoms with van der Waals surface area (Å²) in [6.07, 6.45) is 3.34. The number of rotatable bonds is 7. The number of aliphatic hydroxyl groups excluding tert-OH is 1. The monoisotopic (exact) mass is 371 g/mol. The van der Waals surface area contributed by atoms with Crippen LogP contribution in [0, 0.1) is 12.8 Å². The molecule has 1 aliphatic heterocycles. The van der Waals surface area contributed by atoms with E-state index in [0.717, 1.165) is 38.8 Å². The third-order valence-electron chi connectivity index (χ3n) is 5.54. The lowest BCUT2D eigenvalue weighted by Crippen LogP contribution is -2.42. The van der Waals surface area contributed by atoms with E-state index < -0.39 is 0 Å². The molecule has 3 rings (SSSR count). The van der Waals surface area contributed by atoms with E-state index in [0.29, 0.717) is 24.7 Å². The summed E-state index contributed by atoms with van der Waals surface area (Å²) in [4.78, 5) is 28.8. The molecule has 0 aliphatic carbocycles. The van der Waals surface area contributed by atoms with Crippen molar-refractivity contribution in [2.45, 2.75) is 45.3 Å². The van der Waals surface area contributed by atoms with Crippen molar-refractivity contribution >= 4 is 0 Å². The fourth-order valence-corrected chi connectivity index (χ4v) is 3.84. The van der Waals surface area contributed by atoms with Gasteiger partial charge in [0, 0.05) is 24.8 Å². The van der Waals surface area contributed by atoms with E-state index in [2.05, 4.69) is 22.0 Å². The van der Waals surface area contributed by atoms with Crippen molar-refractivity contribution in [2.75, 3.05) is 19.6 Å². The Balaban J connectivity index is 1.43. The summed E-state index contributed by atoms with van der Waals surface area (Å²) < 4.78 is 1.26. The first-order valence-corrected chi connectivity index (χ1v) is 9.78. The lowest BCUT2D eigenvalue weighted by molar-refractivity contribution is 0.0529. The number of benzene rings is 1. The number of nitrogens with zero attached hydrogens (tertiary/aromatic N) is 2. The molecule has 1 aromatic carbocycles. The van der Waals surface area contributed by atoms with Crippen LogP contribution in [0.2, 0.25) is 0 Å². The summed E-state index contributed by atoms with van der Waals surface area (Å²) in [6, 6.07) is 11.7. The number of aromatic amines is 1. The van der Waals surface area contributed by atoms with Gasteiger partial charge in [0.15, 0.2) is 0 Å². The molecule has 1 unspecified atom stereocenters. The normalized spacial score (nSPS) is 17.1. The highest BCUT2D eigenvalue weighted by molar-refractivity contribution is 5.14. The number of piperidine rings is 1. The summed E-state index contributed by atoms with van der Waals surface area (Å²) in [7, 11) is 0. The second-order valence-electron chi connectivity index (χ2n) is 7.52. The van der Waals surface area contributed by atoms with E-state index in [1.165, 1.54) is 16.2 Å². The number of hydrogen-bond donors (Lipinski definition) is 2. The molecular weight excluding hydrogens is 342 g/mol. The van der Waals surface area contributed by atoms with Gasteiger partial charge in [-0.2, -0.15) is 0 Å². The molecule has 2 aromatic rings. The predicted molar refractivity (Wildman–Crippen MR) is 106 cm³/mol. The van der Waals surface area contributed by atoms with Gasteiger partial charge in [-0.15, -0.1) is 0 Å². The number of hydrogen-bond acceptors (Lipinski definition) is 4. The number of nitrogens with one attached hydrogen (secondary N) is 1. The molecule has 27 heavy (non-hydrogen) atoms. The first kappa shape index (κ1) is 19.6. The van der Waals surface area contributed by atoms with Gasteiger partial charge >= 0.3 is 5.69 Å². The number of aryl methyl sites for hydroxylation is 2. The topological polar surface area (TPSA) is 78.3 Å². The van der Waals surface area contributed by atoms with Gasteiger partial charge in [-0.05, 0) is 57.2 Å². The van der Waals surface area contributed by atoms with Gasteiger partial charge in [-0.25, -0.2) is 4.79 Å². The van der Waals surface area contributed by atoms with Crippen LogP contribution in [0.5, 0.6) is 0 Å². The predicted octanol–water partition coefficient (Wildman–Crippen LogP) is 1.55. The minimum absolute atomic E-state index is 0.248. The average molecular weight is 371 g/mol. The van der Waals surface area contributed by atoms with Gasteiger partial charge < -0.3 is 15.0 Å². The first-order valence-electron chi connectivity index (χ1n) is 9.78. The summed E-state index contributed by atoms with van der Waals surface area (Å²) >= 11 is 0. The second kappa shape index (κ2) is 9.15. The molecule has 1 aromatic heterocycles. The van der Waals surface area contributed by atoms with E-state index >= 15 is 0 Å². The molecule has 2 N–H and O–H groups in total. The molecule has 0 saturated carbocycles.